The van der Waals surface area contributed by atoms with Crippen LogP contribution < -0.4 is 5.32 Å². The van der Waals surface area contributed by atoms with Crippen molar-refractivity contribution < 1.29 is 4.74 Å². The lowest BCUT2D eigenvalue weighted by Gasteiger charge is -2.25. The van der Waals surface area contributed by atoms with E-state index in [1.54, 1.807) is 0 Å². The number of nitrogens with one attached hydrogen (secondary N) is 1. The molecule has 16 heavy (non-hydrogen) atoms. The first-order valence-electron chi connectivity index (χ1n) is 7.16. The summed E-state index contributed by atoms with van der Waals surface area (Å²) in [6, 6.07) is 0.818. The fraction of sp³-hybridized carbons (Fsp3) is 1.00. The predicted molar refractivity (Wildman–Crippen MR) is 67.7 cm³/mol. The molecule has 94 valence electrons. The molecule has 0 atom stereocenters. The van der Waals surface area contributed by atoms with Crippen LogP contribution in [0.25, 0.3) is 0 Å². The molecule has 0 aliphatic heterocycles. The Bertz CT molecular complexity index is 195. The summed E-state index contributed by atoms with van der Waals surface area (Å²) in [5, 5.41) is 3.80. The fourth-order valence-corrected chi connectivity index (χ4v) is 2.79. The van der Waals surface area contributed by atoms with Gasteiger partial charge in [-0.3, -0.25) is 0 Å². The van der Waals surface area contributed by atoms with Crippen LogP contribution in [0.4, 0.5) is 0 Å². The normalized spacial score (nSPS) is 24.6. The molecule has 0 heterocycles. The van der Waals surface area contributed by atoms with Gasteiger partial charge in [0.1, 0.15) is 0 Å². The summed E-state index contributed by atoms with van der Waals surface area (Å²) in [7, 11) is 0. The van der Waals surface area contributed by atoms with Crippen LogP contribution in [0, 0.1) is 5.41 Å². The summed E-state index contributed by atoms with van der Waals surface area (Å²) in [6.07, 6.45) is 11.2. The largest absolute Gasteiger partial charge is 0.382 e. The molecule has 2 nitrogen and oxygen atoms in total. The topological polar surface area (TPSA) is 21.3 Å². The van der Waals surface area contributed by atoms with Gasteiger partial charge in [0.2, 0.25) is 0 Å². The number of rotatable bonds is 7. The molecule has 0 aromatic heterocycles. The van der Waals surface area contributed by atoms with Crippen molar-refractivity contribution in [2.24, 2.45) is 5.41 Å². The molecule has 2 heteroatoms. The second-order valence-electron chi connectivity index (χ2n) is 5.66. The summed E-state index contributed by atoms with van der Waals surface area (Å²) in [5.41, 5.74) is 0.618. The van der Waals surface area contributed by atoms with E-state index < -0.39 is 0 Å². The van der Waals surface area contributed by atoms with Crippen LogP contribution in [0.1, 0.15) is 58.3 Å². The summed E-state index contributed by atoms with van der Waals surface area (Å²) >= 11 is 0. The quantitative estimate of drug-likeness (QED) is 0.672. The van der Waals surface area contributed by atoms with Crippen LogP contribution >= 0.6 is 0 Å². The van der Waals surface area contributed by atoms with Crippen LogP contribution in [-0.4, -0.2) is 25.8 Å². The van der Waals surface area contributed by atoms with Gasteiger partial charge in [0.15, 0.2) is 0 Å². The van der Waals surface area contributed by atoms with Gasteiger partial charge in [-0.25, -0.2) is 0 Å². The lowest BCUT2D eigenvalue weighted by molar-refractivity contribution is 0.126. The van der Waals surface area contributed by atoms with Crippen molar-refractivity contribution in [3.8, 4) is 0 Å². The molecule has 0 saturated heterocycles. The van der Waals surface area contributed by atoms with Gasteiger partial charge in [-0.1, -0.05) is 19.3 Å². The van der Waals surface area contributed by atoms with Crippen molar-refractivity contribution in [3.05, 3.63) is 0 Å². The van der Waals surface area contributed by atoms with E-state index in [1.807, 2.05) is 0 Å². The predicted octanol–water partition coefficient (Wildman–Crippen LogP) is 3.12. The van der Waals surface area contributed by atoms with E-state index >= 15 is 0 Å². The van der Waals surface area contributed by atoms with E-state index in [2.05, 4.69) is 12.2 Å². The second-order valence-corrected chi connectivity index (χ2v) is 5.66. The third-order valence-corrected chi connectivity index (χ3v) is 4.31. The smallest absolute Gasteiger partial charge is 0.0471 e. The molecular formula is C14H27NO. The van der Waals surface area contributed by atoms with Crippen LogP contribution in [0.3, 0.4) is 0 Å². The van der Waals surface area contributed by atoms with E-state index in [0.717, 1.165) is 19.3 Å². The SMILES string of the molecule is CCOCCC1(CNC2CCCCC2)CC1. The van der Waals surface area contributed by atoms with Gasteiger partial charge in [0, 0.05) is 25.8 Å². The molecule has 0 radical (unpaired) electrons. The summed E-state index contributed by atoms with van der Waals surface area (Å²) < 4.78 is 5.47. The number of hydrogen-bond acceptors (Lipinski definition) is 2. The van der Waals surface area contributed by atoms with Gasteiger partial charge < -0.3 is 10.1 Å². The van der Waals surface area contributed by atoms with Gasteiger partial charge in [-0.05, 0) is 44.4 Å². The molecule has 0 aromatic rings. The highest BCUT2D eigenvalue weighted by molar-refractivity contribution is 4.95. The van der Waals surface area contributed by atoms with E-state index in [0.29, 0.717) is 5.41 Å². The maximum absolute atomic E-state index is 5.47. The standard InChI is InChI=1S/C14H27NO/c1-2-16-11-10-14(8-9-14)12-15-13-6-4-3-5-7-13/h13,15H,2-12H2,1H3. The Labute approximate surface area is 100 Å². The Hall–Kier alpha value is -0.0800. The number of hydrogen-bond donors (Lipinski definition) is 1. The monoisotopic (exact) mass is 225 g/mol. The first kappa shape index (κ1) is 12.4. The van der Waals surface area contributed by atoms with E-state index in [9.17, 15) is 0 Å². The molecule has 2 rings (SSSR count). The average Bonchev–Trinajstić information content (AvgIpc) is 3.09. The summed E-state index contributed by atoms with van der Waals surface area (Å²) in [5.74, 6) is 0. The Kier molecular flexibility index (Phi) is 4.66. The molecule has 2 aliphatic carbocycles. The molecule has 0 amide bonds. The Morgan fingerprint density at radius 3 is 2.56 bits per heavy atom. The molecule has 0 aromatic carbocycles. The zero-order chi connectivity index (χ0) is 11.3. The van der Waals surface area contributed by atoms with Gasteiger partial charge in [0.25, 0.3) is 0 Å². The molecule has 0 unspecified atom stereocenters. The van der Waals surface area contributed by atoms with Crippen molar-refractivity contribution >= 4 is 0 Å². The average molecular weight is 225 g/mol. The Balaban J connectivity index is 1.60. The molecule has 2 saturated carbocycles. The molecule has 0 spiro atoms. The zero-order valence-corrected chi connectivity index (χ0v) is 10.8. The summed E-state index contributed by atoms with van der Waals surface area (Å²) in [6.45, 7) is 5.15. The first-order valence-corrected chi connectivity index (χ1v) is 7.16. The fourth-order valence-electron chi connectivity index (χ4n) is 2.79. The van der Waals surface area contributed by atoms with Crippen LogP contribution in [0.2, 0.25) is 0 Å². The molecule has 1 N–H and O–H groups in total. The molecular weight excluding hydrogens is 198 g/mol. The molecule has 2 aliphatic rings. The van der Waals surface area contributed by atoms with Gasteiger partial charge in [-0.15, -0.1) is 0 Å². The van der Waals surface area contributed by atoms with Gasteiger partial charge in [0.05, 0.1) is 0 Å². The van der Waals surface area contributed by atoms with Crippen LogP contribution in [-0.2, 0) is 4.74 Å². The van der Waals surface area contributed by atoms with Gasteiger partial charge >= 0.3 is 0 Å². The first-order chi connectivity index (χ1) is 7.85. The van der Waals surface area contributed by atoms with Crippen molar-refractivity contribution in [2.75, 3.05) is 19.8 Å². The number of ether oxygens (including phenoxy) is 1. The minimum absolute atomic E-state index is 0.618. The highest BCUT2D eigenvalue weighted by Gasteiger charge is 2.41. The van der Waals surface area contributed by atoms with Gasteiger partial charge in [-0.2, -0.15) is 0 Å². The molecule has 2 fully saturated rings. The highest BCUT2D eigenvalue weighted by Crippen LogP contribution is 2.48. The molecule has 0 bridgehead atoms. The zero-order valence-electron chi connectivity index (χ0n) is 10.8. The Morgan fingerprint density at radius 2 is 1.94 bits per heavy atom. The van der Waals surface area contributed by atoms with Crippen molar-refractivity contribution in [2.45, 2.75) is 64.3 Å². The van der Waals surface area contributed by atoms with Crippen molar-refractivity contribution in [3.63, 3.8) is 0 Å². The third-order valence-electron chi connectivity index (χ3n) is 4.31. The highest BCUT2D eigenvalue weighted by atomic mass is 16.5. The van der Waals surface area contributed by atoms with Crippen LogP contribution in [0.5, 0.6) is 0 Å². The minimum Gasteiger partial charge on any atom is -0.382 e. The minimum atomic E-state index is 0.618. The third kappa shape index (κ3) is 3.74. The van der Waals surface area contributed by atoms with Crippen molar-refractivity contribution in [1.29, 1.82) is 0 Å². The van der Waals surface area contributed by atoms with Crippen molar-refractivity contribution in [1.82, 2.24) is 5.32 Å². The van der Waals surface area contributed by atoms with E-state index in [4.69, 9.17) is 4.74 Å². The summed E-state index contributed by atoms with van der Waals surface area (Å²) in [4.78, 5) is 0. The Morgan fingerprint density at radius 1 is 1.19 bits per heavy atom. The maximum Gasteiger partial charge on any atom is 0.0471 e. The lowest BCUT2D eigenvalue weighted by Crippen LogP contribution is -2.35. The lowest BCUT2D eigenvalue weighted by atomic mass is 9.94. The van der Waals surface area contributed by atoms with Crippen LogP contribution in [0.15, 0.2) is 0 Å². The maximum atomic E-state index is 5.47. The second kappa shape index (κ2) is 6.02. The van der Waals surface area contributed by atoms with E-state index in [-0.39, 0.29) is 0 Å². The van der Waals surface area contributed by atoms with E-state index in [1.165, 1.54) is 57.9 Å².